The highest BCUT2D eigenvalue weighted by Gasteiger charge is 2.14. The van der Waals surface area contributed by atoms with E-state index in [1.54, 1.807) is 18.2 Å². The van der Waals surface area contributed by atoms with Crippen LogP contribution >= 0.6 is 11.6 Å². The van der Waals surface area contributed by atoms with Crippen LogP contribution in [0.2, 0.25) is 5.02 Å². The second-order valence-electron chi connectivity index (χ2n) is 6.79. The molecule has 0 aliphatic rings. The molecule has 3 rings (SSSR count). The molecule has 0 fully saturated rings. The Kier molecular flexibility index (Phi) is 7.04. The molecule has 3 aromatic carbocycles. The predicted molar refractivity (Wildman–Crippen MR) is 118 cm³/mol. The van der Waals surface area contributed by atoms with Crippen LogP contribution in [-0.2, 0) is 0 Å². The van der Waals surface area contributed by atoms with Gasteiger partial charge < -0.3 is 10.6 Å². The number of rotatable bonds is 7. The molecule has 4 nitrogen and oxygen atoms in total. The van der Waals surface area contributed by atoms with Crippen LogP contribution in [0, 0.1) is 0 Å². The van der Waals surface area contributed by atoms with Crippen molar-refractivity contribution in [1.82, 2.24) is 5.32 Å². The Balaban J connectivity index is 1.62. The zero-order valence-corrected chi connectivity index (χ0v) is 16.9. The molecule has 2 amide bonds. The van der Waals surface area contributed by atoms with Gasteiger partial charge in [0.1, 0.15) is 0 Å². The number of hydrogen-bond donors (Lipinski definition) is 2. The molecule has 0 saturated carbocycles. The molecule has 29 heavy (non-hydrogen) atoms. The van der Waals surface area contributed by atoms with Crippen LogP contribution < -0.4 is 10.6 Å². The van der Waals surface area contributed by atoms with E-state index in [-0.39, 0.29) is 17.7 Å². The molecule has 0 aliphatic heterocycles. The first-order valence-electron chi connectivity index (χ1n) is 9.50. The van der Waals surface area contributed by atoms with Crippen LogP contribution in [0.5, 0.6) is 0 Å². The second kappa shape index (κ2) is 9.89. The van der Waals surface area contributed by atoms with Gasteiger partial charge in [0.15, 0.2) is 5.78 Å². The highest BCUT2D eigenvalue weighted by Crippen LogP contribution is 2.27. The summed E-state index contributed by atoms with van der Waals surface area (Å²) < 4.78 is 0. The average Bonchev–Trinajstić information content (AvgIpc) is 2.73. The van der Waals surface area contributed by atoms with E-state index in [9.17, 15) is 9.59 Å². The van der Waals surface area contributed by atoms with Crippen LogP contribution in [0.1, 0.15) is 40.7 Å². The van der Waals surface area contributed by atoms with Gasteiger partial charge >= 0.3 is 6.03 Å². The molecule has 0 aliphatic carbocycles. The molecule has 0 atom stereocenters. The molecule has 3 aromatic rings. The van der Waals surface area contributed by atoms with Crippen molar-refractivity contribution in [2.24, 2.45) is 0 Å². The molecule has 2 N–H and O–H groups in total. The molecule has 0 heterocycles. The van der Waals surface area contributed by atoms with Crippen LogP contribution in [0.25, 0.3) is 0 Å². The van der Waals surface area contributed by atoms with Gasteiger partial charge in [0.25, 0.3) is 0 Å². The van der Waals surface area contributed by atoms with Crippen molar-refractivity contribution in [3.8, 4) is 0 Å². The van der Waals surface area contributed by atoms with Gasteiger partial charge in [0.2, 0.25) is 0 Å². The standard InChI is InChI=1S/C24H23ClN2O2/c1-17(28)22-16-20(12-13-23(22)25)27-24(29)26-15-14-21(18-8-4-2-5-9-18)19-10-6-3-7-11-19/h2-13,16,21H,14-15H2,1H3,(H2,26,27,29). The lowest BCUT2D eigenvalue weighted by atomic mass is 9.88. The largest absolute Gasteiger partial charge is 0.338 e. The van der Waals surface area contributed by atoms with E-state index in [1.807, 2.05) is 36.4 Å². The van der Waals surface area contributed by atoms with Crippen LogP contribution in [0.4, 0.5) is 10.5 Å². The van der Waals surface area contributed by atoms with Gasteiger partial charge in [-0.05, 0) is 42.7 Å². The molecule has 0 saturated heterocycles. The normalized spacial score (nSPS) is 10.6. The summed E-state index contributed by atoms with van der Waals surface area (Å²) in [6.07, 6.45) is 0.765. The van der Waals surface area contributed by atoms with E-state index in [0.29, 0.717) is 22.8 Å². The molecule has 0 radical (unpaired) electrons. The summed E-state index contributed by atoms with van der Waals surface area (Å²) in [5, 5.41) is 6.03. The summed E-state index contributed by atoms with van der Waals surface area (Å²) in [5.74, 6) is 0.0465. The van der Waals surface area contributed by atoms with Crippen molar-refractivity contribution < 1.29 is 9.59 Å². The molecule has 0 bridgehead atoms. The molecule has 0 spiro atoms. The number of ketones is 1. The van der Waals surface area contributed by atoms with Gasteiger partial charge in [0.05, 0.1) is 5.02 Å². The third-order valence-electron chi connectivity index (χ3n) is 4.73. The first-order valence-corrected chi connectivity index (χ1v) is 9.87. The number of anilines is 1. The van der Waals surface area contributed by atoms with E-state index in [2.05, 4.69) is 34.9 Å². The number of halogens is 1. The minimum atomic E-state index is -0.318. The topological polar surface area (TPSA) is 58.2 Å². The lowest BCUT2D eigenvalue weighted by Crippen LogP contribution is -2.30. The maximum Gasteiger partial charge on any atom is 0.319 e. The molecule has 148 valence electrons. The average molecular weight is 407 g/mol. The van der Waals surface area contributed by atoms with Gasteiger partial charge in [-0.2, -0.15) is 0 Å². The zero-order valence-electron chi connectivity index (χ0n) is 16.2. The van der Waals surface area contributed by atoms with E-state index in [4.69, 9.17) is 11.6 Å². The summed E-state index contributed by atoms with van der Waals surface area (Å²) in [6, 6.07) is 25.1. The summed E-state index contributed by atoms with van der Waals surface area (Å²) in [5.41, 5.74) is 3.34. The van der Waals surface area contributed by atoms with Gasteiger partial charge in [-0.15, -0.1) is 0 Å². The molecular weight excluding hydrogens is 384 g/mol. The first-order chi connectivity index (χ1) is 14.0. The molecule has 0 unspecified atom stereocenters. The van der Waals surface area contributed by atoms with E-state index in [0.717, 1.165) is 6.42 Å². The number of hydrogen-bond acceptors (Lipinski definition) is 2. The van der Waals surface area contributed by atoms with E-state index in [1.165, 1.54) is 18.1 Å². The lowest BCUT2D eigenvalue weighted by molar-refractivity contribution is 0.101. The van der Waals surface area contributed by atoms with E-state index >= 15 is 0 Å². The first kappa shape index (κ1) is 20.6. The van der Waals surface area contributed by atoms with Crippen molar-refractivity contribution in [3.63, 3.8) is 0 Å². The highest BCUT2D eigenvalue weighted by molar-refractivity contribution is 6.34. The smallest absolute Gasteiger partial charge is 0.319 e. The molecule has 5 heteroatoms. The van der Waals surface area contributed by atoms with E-state index < -0.39 is 0 Å². The quantitative estimate of drug-likeness (QED) is 0.481. The van der Waals surface area contributed by atoms with Crippen LogP contribution in [-0.4, -0.2) is 18.4 Å². The van der Waals surface area contributed by atoms with Gasteiger partial charge in [-0.3, -0.25) is 4.79 Å². The highest BCUT2D eigenvalue weighted by atomic mass is 35.5. The number of carbonyl (C=O) groups excluding carboxylic acids is 2. The van der Waals surface area contributed by atoms with Crippen molar-refractivity contribution >= 4 is 29.1 Å². The van der Waals surface area contributed by atoms with Gasteiger partial charge in [-0.1, -0.05) is 72.3 Å². The van der Waals surface area contributed by atoms with Gasteiger partial charge in [0, 0.05) is 23.7 Å². The second-order valence-corrected chi connectivity index (χ2v) is 7.20. The minimum Gasteiger partial charge on any atom is -0.338 e. The number of Topliss-reactive ketones (excluding diaryl/α,β-unsaturated/α-hetero) is 1. The Bertz CT molecular complexity index is 935. The Hall–Kier alpha value is -3.11. The Morgan fingerprint density at radius 1 is 0.897 bits per heavy atom. The van der Waals surface area contributed by atoms with Crippen molar-refractivity contribution in [2.45, 2.75) is 19.3 Å². The Morgan fingerprint density at radius 2 is 1.48 bits per heavy atom. The molecule has 0 aromatic heterocycles. The van der Waals surface area contributed by atoms with Crippen LogP contribution in [0.3, 0.4) is 0 Å². The summed E-state index contributed by atoms with van der Waals surface area (Å²) >= 11 is 6.01. The van der Waals surface area contributed by atoms with Gasteiger partial charge in [-0.25, -0.2) is 4.79 Å². The fraction of sp³-hybridized carbons (Fsp3) is 0.167. The van der Waals surface area contributed by atoms with Crippen molar-refractivity contribution in [3.05, 3.63) is 101 Å². The summed E-state index contributed by atoms with van der Waals surface area (Å²) in [4.78, 5) is 23.9. The zero-order chi connectivity index (χ0) is 20.6. The predicted octanol–water partition coefficient (Wildman–Crippen LogP) is 5.89. The summed E-state index contributed by atoms with van der Waals surface area (Å²) in [6.45, 7) is 1.95. The monoisotopic (exact) mass is 406 g/mol. The number of urea groups is 1. The maximum absolute atomic E-state index is 12.3. The lowest BCUT2D eigenvalue weighted by Gasteiger charge is -2.18. The number of nitrogens with one attached hydrogen (secondary N) is 2. The van der Waals surface area contributed by atoms with Crippen LogP contribution in [0.15, 0.2) is 78.9 Å². The Labute approximate surface area is 175 Å². The van der Waals surface area contributed by atoms with Crippen molar-refractivity contribution in [2.75, 3.05) is 11.9 Å². The van der Waals surface area contributed by atoms with Crippen molar-refractivity contribution in [1.29, 1.82) is 0 Å². The summed E-state index contributed by atoms with van der Waals surface area (Å²) in [7, 11) is 0. The number of amides is 2. The number of benzene rings is 3. The fourth-order valence-electron chi connectivity index (χ4n) is 3.27. The SMILES string of the molecule is CC(=O)c1cc(NC(=O)NCCC(c2ccccc2)c2ccccc2)ccc1Cl. The fourth-order valence-corrected chi connectivity index (χ4v) is 3.53. The third kappa shape index (κ3) is 5.69. The minimum absolute atomic E-state index is 0.146. The third-order valence-corrected chi connectivity index (χ3v) is 5.06. The maximum atomic E-state index is 12.3. The number of carbonyl (C=O) groups is 2. The Morgan fingerprint density at radius 3 is 2.03 bits per heavy atom. The molecular formula is C24H23ClN2O2.